The van der Waals surface area contributed by atoms with Crippen LogP contribution in [0.3, 0.4) is 0 Å². The van der Waals surface area contributed by atoms with Gasteiger partial charge < -0.3 is 14.4 Å². The zero-order valence-corrected chi connectivity index (χ0v) is 20.2. The van der Waals surface area contributed by atoms with Gasteiger partial charge in [-0.1, -0.05) is 23.8 Å². The van der Waals surface area contributed by atoms with Crippen molar-refractivity contribution in [3.63, 3.8) is 0 Å². The fourth-order valence-corrected chi connectivity index (χ4v) is 4.51. The van der Waals surface area contributed by atoms with Crippen LogP contribution in [0.15, 0.2) is 65.6 Å². The number of benzene rings is 3. The predicted octanol–water partition coefficient (Wildman–Crippen LogP) is 4.39. The van der Waals surface area contributed by atoms with Gasteiger partial charge in [0.05, 0.1) is 24.8 Å². The first kappa shape index (κ1) is 24.1. The SMILES string of the molecule is COc1ccc(CN(C)C(=O)c2ccc(NS(=O)(=O)c3ccc(C)cc3)c(C)c2)cc1OC. The van der Waals surface area contributed by atoms with Crippen molar-refractivity contribution >= 4 is 21.6 Å². The third kappa shape index (κ3) is 5.64. The van der Waals surface area contributed by atoms with Crippen LogP contribution in [0.5, 0.6) is 11.5 Å². The molecular formula is C25H28N2O5S. The van der Waals surface area contributed by atoms with Crippen LogP contribution in [-0.2, 0) is 16.6 Å². The molecule has 0 aliphatic heterocycles. The van der Waals surface area contributed by atoms with E-state index in [2.05, 4.69) is 4.72 Å². The monoisotopic (exact) mass is 468 g/mol. The molecule has 1 amide bonds. The number of amides is 1. The van der Waals surface area contributed by atoms with Crippen molar-refractivity contribution in [3.05, 3.63) is 82.9 Å². The average Bonchev–Trinajstić information content (AvgIpc) is 2.79. The summed E-state index contributed by atoms with van der Waals surface area (Å²) in [4.78, 5) is 14.7. The van der Waals surface area contributed by atoms with E-state index in [0.29, 0.717) is 34.9 Å². The third-order valence-corrected chi connectivity index (χ3v) is 6.64. The minimum absolute atomic E-state index is 0.180. The van der Waals surface area contributed by atoms with Crippen LogP contribution < -0.4 is 14.2 Å². The van der Waals surface area contributed by atoms with Crippen molar-refractivity contribution in [2.45, 2.75) is 25.3 Å². The molecule has 0 atom stereocenters. The highest BCUT2D eigenvalue weighted by molar-refractivity contribution is 7.92. The van der Waals surface area contributed by atoms with Gasteiger partial charge in [-0.2, -0.15) is 0 Å². The molecule has 3 aromatic carbocycles. The molecule has 8 heteroatoms. The molecule has 33 heavy (non-hydrogen) atoms. The Balaban J connectivity index is 1.74. The van der Waals surface area contributed by atoms with Gasteiger partial charge in [-0.15, -0.1) is 0 Å². The zero-order chi connectivity index (χ0) is 24.2. The molecule has 7 nitrogen and oxygen atoms in total. The molecule has 0 aromatic heterocycles. The summed E-state index contributed by atoms with van der Waals surface area (Å²) in [5, 5.41) is 0. The maximum Gasteiger partial charge on any atom is 0.261 e. The molecule has 0 fully saturated rings. The number of ether oxygens (including phenoxy) is 2. The summed E-state index contributed by atoms with van der Waals surface area (Å²) in [6.07, 6.45) is 0. The molecule has 0 unspecified atom stereocenters. The van der Waals surface area contributed by atoms with Crippen molar-refractivity contribution in [2.75, 3.05) is 26.0 Å². The van der Waals surface area contributed by atoms with Crippen molar-refractivity contribution in [3.8, 4) is 11.5 Å². The fourth-order valence-electron chi connectivity index (χ4n) is 3.38. The fraction of sp³-hybridized carbons (Fsp3) is 0.240. The van der Waals surface area contributed by atoms with Crippen LogP contribution in [0.1, 0.15) is 27.0 Å². The summed E-state index contributed by atoms with van der Waals surface area (Å²) in [7, 11) is 1.12. The van der Waals surface area contributed by atoms with E-state index in [9.17, 15) is 13.2 Å². The van der Waals surface area contributed by atoms with Crippen LogP contribution in [0.4, 0.5) is 5.69 Å². The Morgan fingerprint density at radius 1 is 0.909 bits per heavy atom. The van der Waals surface area contributed by atoms with E-state index in [1.54, 1.807) is 81.6 Å². The molecule has 174 valence electrons. The van der Waals surface area contributed by atoms with Crippen molar-refractivity contribution in [1.82, 2.24) is 4.90 Å². The predicted molar refractivity (Wildman–Crippen MR) is 129 cm³/mol. The van der Waals surface area contributed by atoms with Crippen LogP contribution in [0.25, 0.3) is 0 Å². The van der Waals surface area contributed by atoms with Gasteiger partial charge in [0.2, 0.25) is 0 Å². The molecule has 0 radical (unpaired) electrons. The van der Waals surface area contributed by atoms with Gasteiger partial charge in [0.1, 0.15) is 0 Å². The van der Waals surface area contributed by atoms with Gasteiger partial charge in [0, 0.05) is 19.2 Å². The van der Waals surface area contributed by atoms with Crippen molar-refractivity contribution < 1.29 is 22.7 Å². The molecule has 0 spiro atoms. The van der Waals surface area contributed by atoms with E-state index < -0.39 is 10.0 Å². The lowest BCUT2D eigenvalue weighted by atomic mass is 10.1. The van der Waals surface area contributed by atoms with Gasteiger partial charge in [0.25, 0.3) is 15.9 Å². The van der Waals surface area contributed by atoms with E-state index in [4.69, 9.17) is 9.47 Å². The van der Waals surface area contributed by atoms with Gasteiger partial charge in [0.15, 0.2) is 11.5 Å². The van der Waals surface area contributed by atoms with Crippen LogP contribution >= 0.6 is 0 Å². The molecule has 0 bridgehead atoms. The summed E-state index contributed by atoms with van der Waals surface area (Å²) >= 11 is 0. The molecule has 1 N–H and O–H groups in total. The second-order valence-corrected chi connectivity index (χ2v) is 9.48. The molecule has 0 saturated heterocycles. The first-order valence-corrected chi connectivity index (χ1v) is 11.8. The Morgan fingerprint density at radius 2 is 1.58 bits per heavy atom. The van der Waals surface area contributed by atoms with Crippen molar-refractivity contribution in [2.24, 2.45) is 0 Å². The van der Waals surface area contributed by atoms with E-state index in [1.165, 1.54) is 0 Å². The summed E-state index contributed by atoms with van der Waals surface area (Å²) in [5.74, 6) is 1.03. The maximum atomic E-state index is 13.0. The number of aryl methyl sites for hydroxylation is 2. The number of anilines is 1. The summed E-state index contributed by atoms with van der Waals surface area (Å²) in [5.41, 5.74) is 3.41. The smallest absolute Gasteiger partial charge is 0.261 e. The van der Waals surface area contributed by atoms with E-state index >= 15 is 0 Å². The number of sulfonamides is 1. The highest BCUT2D eigenvalue weighted by atomic mass is 32.2. The number of rotatable bonds is 8. The highest BCUT2D eigenvalue weighted by Gasteiger charge is 2.18. The van der Waals surface area contributed by atoms with Crippen LogP contribution in [-0.4, -0.2) is 40.5 Å². The Morgan fingerprint density at radius 3 is 2.18 bits per heavy atom. The standard InChI is InChI=1S/C25H28N2O5S/c1-17-6-10-21(11-7-17)33(29,30)26-22-12-9-20(14-18(22)2)25(28)27(3)16-19-8-13-23(31-4)24(15-19)32-5/h6-15,26H,16H2,1-5H3. The first-order valence-electron chi connectivity index (χ1n) is 10.3. The van der Waals surface area contributed by atoms with Crippen LogP contribution in [0, 0.1) is 13.8 Å². The zero-order valence-electron chi connectivity index (χ0n) is 19.4. The molecule has 3 aromatic rings. The molecule has 0 aliphatic rings. The maximum absolute atomic E-state index is 13.0. The number of nitrogens with one attached hydrogen (secondary N) is 1. The molecular weight excluding hydrogens is 440 g/mol. The van der Waals surface area contributed by atoms with Crippen molar-refractivity contribution in [1.29, 1.82) is 0 Å². The number of nitrogens with zero attached hydrogens (tertiary/aromatic N) is 1. The Kier molecular flexibility index (Phi) is 7.28. The van der Waals surface area contributed by atoms with E-state index in [1.807, 2.05) is 19.1 Å². The Hall–Kier alpha value is -3.52. The average molecular weight is 469 g/mol. The first-order chi connectivity index (χ1) is 15.6. The second kappa shape index (κ2) is 9.95. The molecule has 0 heterocycles. The quantitative estimate of drug-likeness (QED) is 0.530. The van der Waals surface area contributed by atoms with Gasteiger partial charge >= 0.3 is 0 Å². The summed E-state index contributed by atoms with van der Waals surface area (Å²) in [6.45, 7) is 4.03. The highest BCUT2D eigenvalue weighted by Crippen LogP contribution is 2.28. The molecule has 0 saturated carbocycles. The number of carbonyl (C=O) groups is 1. The van der Waals surface area contributed by atoms with Gasteiger partial charge in [-0.05, 0) is 67.4 Å². The number of hydrogen-bond donors (Lipinski definition) is 1. The largest absolute Gasteiger partial charge is 0.493 e. The second-order valence-electron chi connectivity index (χ2n) is 7.80. The van der Waals surface area contributed by atoms with Gasteiger partial charge in [-0.25, -0.2) is 8.42 Å². The minimum atomic E-state index is -3.72. The normalized spacial score (nSPS) is 11.1. The van der Waals surface area contributed by atoms with Gasteiger partial charge in [-0.3, -0.25) is 9.52 Å². The molecule has 3 rings (SSSR count). The van der Waals surface area contributed by atoms with E-state index in [0.717, 1.165) is 11.1 Å². The lowest BCUT2D eigenvalue weighted by Crippen LogP contribution is -2.26. The minimum Gasteiger partial charge on any atom is -0.493 e. The number of hydrogen-bond acceptors (Lipinski definition) is 5. The number of carbonyl (C=O) groups excluding carboxylic acids is 1. The summed E-state index contributed by atoms with van der Waals surface area (Å²) < 4.78 is 38.6. The lowest BCUT2D eigenvalue weighted by molar-refractivity contribution is 0.0785. The topological polar surface area (TPSA) is 84.9 Å². The molecule has 0 aliphatic carbocycles. The lowest BCUT2D eigenvalue weighted by Gasteiger charge is -2.19. The Bertz CT molecular complexity index is 1250. The third-order valence-electron chi connectivity index (χ3n) is 5.26. The summed E-state index contributed by atoms with van der Waals surface area (Å²) in [6, 6.07) is 17.0. The van der Waals surface area contributed by atoms with E-state index in [-0.39, 0.29) is 10.8 Å². The Labute approximate surface area is 195 Å². The number of methoxy groups -OCH3 is 2. The van der Waals surface area contributed by atoms with Crippen LogP contribution in [0.2, 0.25) is 0 Å².